The van der Waals surface area contributed by atoms with E-state index in [4.69, 9.17) is 0 Å². The van der Waals surface area contributed by atoms with Gasteiger partial charge in [-0.1, -0.05) is 265 Å². The van der Waals surface area contributed by atoms with Gasteiger partial charge >= 0.3 is 0 Å². The smallest absolute Gasteiger partial charge is 0.220 e. The number of hydrogen-bond acceptors (Lipinski definition) is 3. The molecule has 362 valence electrons. The standard InChI is InChI=1S/C59H103NO3/c1-3-5-7-9-11-13-15-17-19-21-23-25-27-29-31-32-34-36-38-40-42-44-46-48-50-52-54-58(62)57(56-61)60-59(63)55-53-51-49-47-45-43-41-39-37-35-33-30-28-26-24-22-20-18-16-14-12-10-8-6-4-2/h6,8,12,14,18,20,24,26,30,33,37,39,43,45,52,54,57-58,61-62H,3-5,7,9-11,13,15-17,19,21-23,25,27-29,31-32,34-36,38,40-42,44,46-51,53,55-56H2,1-2H3,(H,60,63)/b8-6-,14-12-,20-18-,26-24-,33-30-,39-37-,45-43-,54-52+. The van der Waals surface area contributed by atoms with Crippen LogP contribution in [0.4, 0.5) is 0 Å². The van der Waals surface area contributed by atoms with Crippen molar-refractivity contribution in [2.24, 2.45) is 0 Å². The molecule has 0 saturated heterocycles. The lowest BCUT2D eigenvalue weighted by molar-refractivity contribution is -0.123. The predicted molar refractivity (Wildman–Crippen MR) is 280 cm³/mol. The van der Waals surface area contributed by atoms with Crippen LogP contribution in [0, 0.1) is 0 Å². The Morgan fingerprint density at radius 3 is 1.05 bits per heavy atom. The fraction of sp³-hybridized carbons (Fsp3) is 0.712. The van der Waals surface area contributed by atoms with Crippen LogP contribution in [0.25, 0.3) is 0 Å². The SMILES string of the molecule is CC/C=C\C/C=C\C/C=C\C/C=C\C/C=C\C/C=C\C/C=C\CCCCCC(=O)NC(CO)C(O)/C=C/CCCCCCCCCCCCCCCCCCCCCCCCCC. The lowest BCUT2D eigenvalue weighted by Gasteiger charge is -2.19. The number of carbonyl (C=O) groups excluding carboxylic acids is 1. The van der Waals surface area contributed by atoms with E-state index in [-0.39, 0.29) is 12.5 Å². The molecule has 0 fully saturated rings. The summed E-state index contributed by atoms with van der Waals surface area (Å²) in [5, 5.41) is 23.1. The quantitative estimate of drug-likeness (QED) is 0.0421. The molecule has 4 heteroatoms. The van der Waals surface area contributed by atoms with Gasteiger partial charge in [0.15, 0.2) is 0 Å². The van der Waals surface area contributed by atoms with Crippen LogP contribution < -0.4 is 5.32 Å². The highest BCUT2D eigenvalue weighted by Crippen LogP contribution is 2.16. The summed E-state index contributed by atoms with van der Waals surface area (Å²) in [4.78, 5) is 12.4. The minimum Gasteiger partial charge on any atom is -0.394 e. The van der Waals surface area contributed by atoms with Gasteiger partial charge in [-0.05, 0) is 77.0 Å². The van der Waals surface area contributed by atoms with Crippen molar-refractivity contribution >= 4 is 5.91 Å². The Kier molecular flexibility index (Phi) is 51.4. The third kappa shape index (κ3) is 50.2. The molecule has 0 aromatic heterocycles. The number of rotatable bonds is 48. The van der Waals surface area contributed by atoms with E-state index in [2.05, 4.69) is 104 Å². The largest absolute Gasteiger partial charge is 0.394 e. The van der Waals surface area contributed by atoms with Gasteiger partial charge in [0.2, 0.25) is 5.91 Å². The summed E-state index contributed by atoms with van der Waals surface area (Å²) >= 11 is 0. The Morgan fingerprint density at radius 1 is 0.397 bits per heavy atom. The van der Waals surface area contributed by atoms with Crippen molar-refractivity contribution in [3.05, 3.63) is 97.2 Å². The zero-order valence-corrected chi connectivity index (χ0v) is 41.6. The molecule has 0 aromatic carbocycles. The monoisotopic (exact) mass is 874 g/mol. The van der Waals surface area contributed by atoms with Gasteiger partial charge in [0.05, 0.1) is 18.8 Å². The van der Waals surface area contributed by atoms with Crippen LogP contribution >= 0.6 is 0 Å². The van der Waals surface area contributed by atoms with E-state index in [1.807, 2.05) is 6.08 Å². The van der Waals surface area contributed by atoms with Gasteiger partial charge in [-0.2, -0.15) is 0 Å². The molecule has 0 aromatic rings. The summed E-state index contributed by atoms with van der Waals surface area (Å²) < 4.78 is 0. The summed E-state index contributed by atoms with van der Waals surface area (Å²) in [6.45, 7) is 4.19. The van der Waals surface area contributed by atoms with E-state index in [0.29, 0.717) is 6.42 Å². The zero-order chi connectivity index (χ0) is 45.6. The maximum atomic E-state index is 12.4. The number of unbranched alkanes of at least 4 members (excludes halogenated alkanes) is 27. The van der Waals surface area contributed by atoms with Crippen molar-refractivity contribution in [3.63, 3.8) is 0 Å². The van der Waals surface area contributed by atoms with Crippen LogP contribution in [0.15, 0.2) is 97.2 Å². The second-order valence-corrected chi connectivity index (χ2v) is 17.9. The maximum absolute atomic E-state index is 12.4. The highest BCUT2D eigenvalue weighted by molar-refractivity contribution is 5.76. The summed E-state index contributed by atoms with van der Waals surface area (Å²) in [6.07, 6.45) is 79.8. The number of nitrogens with one attached hydrogen (secondary N) is 1. The van der Waals surface area contributed by atoms with E-state index in [0.717, 1.165) is 83.5 Å². The second-order valence-electron chi connectivity index (χ2n) is 17.9. The Hall–Kier alpha value is -2.69. The lowest BCUT2D eigenvalue weighted by Crippen LogP contribution is -2.45. The first kappa shape index (κ1) is 60.3. The average molecular weight is 874 g/mol. The normalized spacial score (nSPS) is 13.7. The zero-order valence-electron chi connectivity index (χ0n) is 41.6. The molecule has 4 nitrogen and oxygen atoms in total. The molecule has 1 amide bonds. The fourth-order valence-corrected chi connectivity index (χ4v) is 7.75. The minimum atomic E-state index is -0.861. The predicted octanol–water partition coefficient (Wildman–Crippen LogP) is 17.7. The lowest BCUT2D eigenvalue weighted by atomic mass is 10.0. The summed E-state index contributed by atoms with van der Waals surface area (Å²) in [6, 6.07) is -0.648. The first-order chi connectivity index (χ1) is 31.2. The fourth-order valence-electron chi connectivity index (χ4n) is 7.75. The van der Waals surface area contributed by atoms with Gasteiger partial charge in [0, 0.05) is 6.42 Å². The van der Waals surface area contributed by atoms with Crippen LogP contribution in [-0.2, 0) is 4.79 Å². The van der Waals surface area contributed by atoms with Crippen molar-refractivity contribution in [2.45, 2.75) is 264 Å². The highest BCUT2D eigenvalue weighted by Gasteiger charge is 2.17. The molecular weight excluding hydrogens is 771 g/mol. The average Bonchev–Trinajstić information content (AvgIpc) is 3.29. The van der Waals surface area contributed by atoms with Crippen LogP contribution in [0.1, 0.15) is 251 Å². The molecule has 0 spiro atoms. The first-order valence-corrected chi connectivity index (χ1v) is 27.0. The van der Waals surface area contributed by atoms with E-state index in [1.165, 1.54) is 148 Å². The highest BCUT2D eigenvalue weighted by atomic mass is 16.3. The van der Waals surface area contributed by atoms with E-state index >= 15 is 0 Å². The van der Waals surface area contributed by atoms with Gasteiger partial charge in [-0.3, -0.25) is 4.79 Å². The van der Waals surface area contributed by atoms with Gasteiger partial charge in [-0.25, -0.2) is 0 Å². The first-order valence-electron chi connectivity index (χ1n) is 27.0. The van der Waals surface area contributed by atoms with Crippen molar-refractivity contribution in [1.82, 2.24) is 5.32 Å². The number of carbonyl (C=O) groups is 1. The molecule has 0 aliphatic rings. The molecule has 0 aliphatic heterocycles. The van der Waals surface area contributed by atoms with Crippen molar-refractivity contribution in [2.75, 3.05) is 6.61 Å². The molecule has 3 N–H and O–H groups in total. The van der Waals surface area contributed by atoms with E-state index in [9.17, 15) is 15.0 Å². The number of hydrogen-bond donors (Lipinski definition) is 3. The number of allylic oxidation sites excluding steroid dienone is 15. The Labute approximate surface area is 392 Å². The molecule has 63 heavy (non-hydrogen) atoms. The number of aliphatic hydroxyl groups is 2. The van der Waals surface area contributed by atoms with Gasteiger partial charge < -0.3 is 15.5 Å². The third-order valence-corrected chi connectivity index (χ3v) is 11.8. The van der Waals surface area contributed by atoms with Crippen LogP contribution in [0.3, 0.4) is 0 Å². The molecule has 0 heterocycles. The molecule has 0 saturated carbocycles. The molecule has 0 rings (SSSR count). The van der Waals surface area contributed by atoms with E-state index < -0.39 is 12.1 Å². The molecular formula is C59H103NO3. The van der Waals surface area contributed by atoms with Crippen molar-refractivity contribution in [1.29, 1.82) is 0 Å². The van der Waals surface area contributed by atoms with Gasteiger partial charge in [0.25, 0.3) is 0 Å². The van der Waals surface area contributed by atoms with Crippen LogP contribution in [0.5, 0.6) is 0 Å². The minimum absolute atomic E-state index is 0.0975. The Balaban J connectivity index is 3.62. The van der Waals surface area contributed by atoms with Gasteiger partial charge in [-0.15, -0.1) is 0 Å². The summed E-state index contributed by atoms with van der Waals surface area (Å²) in [5.74, 6) is -0.0975. The number of aliphatic hydroxyl groups excluding tert-OH is 2. The molecule has 2 atom stereocenters. The maximum Gasteiger partial charge on any atom is 0.220 e. The summed E-state index contributed by atoms with van der Waals surface area (Å²) in [5.41, 5.74) is 0. The number of amides is 1. The Morgan fingerprint density at radius 2 is 0.698 bits per heavy atom. The topological polar surface area (TPSA) is 69.6 Å². The van der Waals surface area contributed by atoms with Crippen LogP contribution in [0.2, 0.25) is 0 Å². The van der Waals surface area contributed by atoms with Crippen LogP contribution in [-0.4, -0.2) is 34.9 Å². The molecule has 2 unspecified atom stereocenters. The van der Waals surface area contributed by atoms with E-state index in [1.54, 1.807) is 6.08 Å². The molecule has 0 radical (unpaired) electrons. The third-order valence-electron chi connectivity index (χ3n) is 11.8. The Bertz CT molecular complexity index is 1170. The molecule has 0 aliphatic carbocycles. The van der Waals surface area contributed by atoms with Crippen molar-refractivity contribution in [3.8, 4) is 0 Å². The van der Waals surface area contributed by atoms with Crippen molar-refractivity contribution < 1.29 is 15.0 Å². The second kappa shape index (κ2) is 53.6. The van der Waals surface area contributed by atoms with Gasteiger partial charge in [0.1, 0.15) is 0 Å². The molecule has 0 bridgehead atoms. The summed E-state index contributed by atoms with van der Waals surface area (Å²) in [7, 11) is 0.